The molecule has 0 unspecified atom stereocenters. The van der Waals surface area contributed by atoms with Crippen molar-refractivity contribution in [2.45, 2.75) is 25.8 Å². The highest BCUT2D eigenvalue weighted by molar-refractivity contribution is 6.30. The van der Waals surface area contributed by atoms with Gasteiger partial charge in [0, 0.05) is 17.3 Å². The molecule has 5 N–H and O–H groups in total. The molecular weight excluding hydrogens is 476 g/mol. The molecule has 0 spiro atoms. The summed E-state index contributed by atoms with van der Waals surface area (Å²) < 4.78 is 5.36. The molecule has 3 rings (SSSR count). The van der Waals surface area contributed by atoms with E-state index >= 15 is 0 Å². The predicted molar refractivity (Wildman–Crippen MR) is 129 cm³/mol. The third kappa shape index (κ3) is 6.02. The largest absolute Gasteiger partial charge is 0.496 e. The van der Waals surface area contributed by atoms with Crippen molar-refractivity contribution in [3.8, 4) is 5.75 Å². The van der Waals surface area contributed by atoms with Gasteiger partial charge in [0.2, 0.25) is 11.8 Å². The lowest BCUT2D eigenvalue weighted by molar-refractivity contribution is -0.133. The Balaban J connectivity index is 1.81. The van der Waals surface area contributed by atoms with E-state index < -0.39 is 42.3 Å². The minimum absolute atomic E-state index is 0.0476. The third-order valence-electron chi connectivity index (χ3n) is 5.83. The van der Waals surface area contributed by atoms with Crippen molar-refractivity contribution >= 4 is 41.1 Å². The Morgan fingerprint density at radius 3 is 2.66 bits per heavy atom. The van der Waals surface area contributed by atoms with Crippen molar-refractivity contribution < 1.29 is 29.0 Å². The zero-order valence-electron chi connectivity index (χ0n) is 19.3. The standard InChI is InChI=1S/C24H27ClN4O6/c1-3-19(13-4-6-17(23(32)33)18(26)10-13)28-24(34)29-12-21(30)27-11-15(22(29)31)8-14-9-16(25)5-7-20(14)35-2/h4-7,9-10,15,19H,3,8,11-12,26H2,1-2H3,(H,27,30)(H,28,34)(H,32,33)/t15-,19-/m0/s1. The van der Waals surface area contributed by atoms with E-state index in [4.69, 9.17) is 22.1 Å². The average Bonchev–Trinajstić information content (AvgIpc) is 2.96. The summed E-state index contributed by atoms with van der Waals surface area (Å²) in [6.07, 6.45) is 0.645. The van der Waals surface area contributed by atoms with Crippen LogP contribution in [0.2, 0.25) is 5.02 Å². The van der Waals surface area contributed by atoms with Gasteiger partial charge in [0.15, 0.2) is 0 Å². The van der Waals surface area contributed by atoms with Crippen LogP contribution in [0.25, 0.3) is 0 Å². The van der Waals surface area contributed by atoms with Gasteiger partial charge in [-0.05, 0) is 54.3 Å². The van der Waals surface area contributed by atoms with E-state index in [1.807, 2.05) is 6.92 Å². The number of benzene rings is 2. The number of nitrogen functional groups attached to an aromatic ring is 1. The van der Waals surface area contributed by atoms with Gasteiger partial charge in [0.25, 0.3) is 0 Å². The molecule has 1 saturated heterocycles. The molecule has 1 aliphatic rings. The highest BCUT2D eigenvalue weighted by atomic mass is 35.5. The highest BCUT2D eigenvalue weighted by Crippen LogP contribution is 2.27. The second-order valence-electron chi connectivity index (χ2n) is 8.15. The SMILES string of the molecule is CC[C@H](NC(=O)N1CC(=O)NC[C@H](Cc2cc(Cl)ccc2OC)C1=O)c1ccc(C(=O)O)c(N)c1. The molecule has 0 radical (unpaired) electrons. The number of nitrogens with one attached hydrogen (secondary N) is 2. The first kappa shape index (κ1) is 25.8. The number of rotatable bonds is 7. The fourth-order valence-electron chi connectivity index (χ4n) is 3.97. The van der Waals surface area contributed by atoms with Crippen LogP contribution in [-0.2, 0) is 16.0 Å². The molecule has 2 aromatic rings. The molecule has 1 heterocycles. The van der Waals surface area contributed by atoms with Gasteiger partial charge in [-0.3, -0.25) is 14.5 Å². The summed E-state index contributed by atoms with van der Waals surface area (Å²) in [5.74, 6) is -2.31. The molecular formula is C24H27ClN4O6. The number of nitrogens with two attached hydrogens (primary N) is 1. The fourth-order valence-corrected chi connectivity index (χ4v) is 4.16. The lowest BCUT2D eigenvalue weighted by atomic mass is 9.97. The molecule has 2 atom stereocenters. The number of anilines is 1. The second-order valence-corrected chi connectivity index (χ2v) is 8.58. The van der Waals surface area contributed by atoms with Crippen LogP contribution in [0.4, 0.5) is 10.5 Å². The summed E-state index contributed by atoms with van der Waals surface area (Å²) in [5.41, 5.74) is 7.11. The van der Waals surface area contributed by atoms with Gasteiger partial charge in [-0.1, -0.05) is 24.6 Å². The minimum Gasteiger partial charge on any atom is -0.496 e. The maximum Gasteiger partial charge on any atom is 0.337 e. The molecule has 0 bridgehead atoms. The van der Waals surface area contributed by atoms with Gasteiger partial charge in [-0.2, -0.15) is 0 Å². The van der Waals surface area contributed by atoms with E-state index in [-0.39, 0.29) is 24.2 Å². The van der Waals surface area contributed by atoms with Crippen molar-refractivity contribution in [3.05, 3.63) is 58.1 Å². The number of urea groups is 1. The molecule has 0 saturated carbocycles. The van der Waals surface area contributed by atoms with E-state index in [0.717, 1.165) is 4.90 Å². The fraction of sp³-hybridized carbons (Fsp3) is 0.333. The first-order valence-corrected chi connectivity index (χ1v) is 11.4. The van der Waals surface area contributed by atoms with Crippen LogP contribution in [0, 0.1) is 5.92 Å². The van der Waals surface area contributed by atoms with Gasteiger partial charge in [0.1, 0.15) is 12.3 Å². The molecule has 1 aliphatic heterocycles. The first-order valence-electron chi connectivity index (χ1n) is 11.0. The summed E-state index contributed by atoms with van der Waals surface area (Å²) in [6.45, 7) is 1.45. The maximum absolute atomic E-state index is 13.3. The lowest BCUT2D eigenvalue weighted by Crippen LogP contribution is -2.48. The van der Waals surface area contributed by atoms with Gasteiger partial charge < -0.3 is 26.2 Å². The quantitative estimate of drug-likeness (QED) is 0.425. The first-order chi connectivity index (χ1) is 16.6. The van der Waals surface area contributed by atoms with E-state index in [1.165, 1.54) is 19.2 Å². The summed E-state index contributed by atoms with van der Waals surface area (Å²) in [5, 5.41) is 15.1. The highest BCUT2D eigenvalue weighted by Gasteiger charge is 2.35. The molecule has 10 nitrogen and oxygen atoms in total. The van der Waals surface area contributed by atoms with Crippen molar-refractivity contribution in [1.82, 2.24) is 15.5 Å². The van der Waals surface area contributed by atoms with E-state index in [2.05, 4.69) is 10.6 Å². The number of carbonyl (C=O) groups is 4. The van der Waals surface area contributed by atoms with Crippen LogP contribution in [0.1, 0.15) is 40.9 Å². The Bertz CT molecular complexity index is 1150. The number of aromatic carboxylic acids is 1. The second kappa shape index (κ2) is 11.1. The number of carboxylic acid groups (broad SMARTS) is 1. The normalized spacial score (nSPS) is 16.8. The number of carboxylic acids is 1. The van der Waals surface area contributed by atoms with Crippen LogP contribution in [0.3, 0.4) is 0 Å². The molecule has 2 aromatic carbocycles. The van der Waals surface area contributed by atoms with Crippen LogP contribution >= 0.6 is 11.6 Å². The summed E-state index contributed by atoms with van der Waals surface area (Å²) in [6, 6.07) is 8.14. The molecule has 0 aromatic heterocycles. The molecule has 35 heavy (non-hydrogen) atoms. The number of hydrogen-bond donors (Lipinski definition) is 4. The van der Waals surface area contributed by atoms with Crippen molar-refractivity contribution in [2.75, 3.05) is 25.9 Å². The smallest absolute Gasteiger partial charge is 0.337 e. The third-order valence-corrected chi connectivity index (χ3v) is 6.07. The Morgan fingerprint density at radius 2 is 2.03 bits per heavy atom. The zero-order chi connectivity index (χ0) is 25.7. The molecule has 186 valence electrons. The molecule has 0 aliphatic carbocycles. The Labute approximate surface area is 207 Å². The Morgan fingerprint density at radius 1 is 1.29 bits per heavy atom. The van der Waals surface area contributed by atoms with Crippen molar-refractivity contribution in [3.63, 3.8) is 0 Å². The number of hydrogen-bond acceptors (Lipinski definition) is 6. The topological polar surface area (TPSA) is 151 Å². The van der Waals surface area contributed by atoms with Gasteiger partial charge in [-0.25, -0.2) is 9.59 Å². The Hall–Kier alpha value is -3.79. The molecule has 1 fully saturated rings. The van der Waals surface area contributed by atoms with Crippen molar-refractivity contribution in [2.24, 2.45) is 5.92 Å². The van der Waals surface area contributed by atoms with Crippen molar-refractivity contribution in [1.29, 1.82) is 0 Å². The summed E-state index contributed by atoms with van der Waals surface area (Å²) in [7, 11) is 1.50. The number of nitrogens with zero attached hydrogens (tertiary/aromatic N) is 1. The summed E-state index contributed by atoms with van der Waals surface area (Å²) in [4.78, 5) is 50.9. The lowest BCUT2D eigenvalue weighted by Gasteiger charge is -2.25. The number of amides is 4. The number of carbonyl (C=O) groups excluding carboxylic acids is 3. The number of ether oxygens (including phenoxy) is 1. The van der Waals surface area contributed by atoms with Gasteiger partial charge in [-0.15, -0.1) is 0 Å². The minimum atomic E-state index is -1.16. The van der Waals surface area contributed by atoms with Crippen LogP contribution < -0.4 is 21.1 Å². The number of methoxy groups -OCH3 is 1. The van der Waals surface area contributed by atoms with Gasteiger partial charge in [0.05, 0.1) is 24.6 Å². The predicted octanol–water partition coefficient (Wildman–Crippen LogP) is 2.61. The van der Waals surface area contributed by atoms with E-state index in [1.54, 1.807) is 24.3 Å². The summed E-state index contributed by atoms with van der Waals surface area (Å²) >= 11 is 6.11. The van der Waals surface area contributed by atoms with Gasteiger partial charge >= 0.3 is 12.0 Å². The van der Waals surface area contributed by atoms with Crippen LogP contribution in [0.5, 0.6) is 5.75 Å². The number of imide groups is 1. The number of halogens is 1. The molecule has 11 heteroatoms. The van der Waals surface area contributed by atoms with E-state index in [0.29, 0.717) is 28.3 Å². The average molecular weight is 503 g/mol. The van der Waals surface area contributed by atoms with Crippen LogP contribution in [0.15, 0.2) is 36.4 Å². The maximum atomic E-state index is 13.3. The van der Waals surface area contributed by atoms with E-state index in [9.17, 15) is 24.3 Å². The zero-order valence-corrected chi connectivity index (χ0v) is 20.1. The van der Waals surface area contributed by atoms with Crippen LogP contribution in [-0.4, -0.2) is 54.0 Å². The Kier molecular flexibility index (Phi) is 8.18. The monoisotopic (exact) mass is 502 g/mol. The molecule has 4 amide bonds.